The molecule has 0 unspecified atom stereocenters. The number of benzene rings is 1. The molecule has 0 spiro atoms. The number of hydrogen-bond acceptors (Lipinski definition) is 3. The maximum atomic E-state index is 4.78. The fourth-order valence-corrected chi connectivity index (χ4v) is 3.06. The Kier molecular flexibility index (Phi) is 3.84. The fourth-order valence-electron chi connectivity index (χ4n) is 3.06. The summed E-state index contributed by atoms with van der Waals surface area (Å²) in [7, 11) is 2.04. The minimum absolute atomic E-state index is 0.777. The van der Waals surface area contributed by atoms with Crippen molar-refractivity contribution in [2.75, 3.05) is 0 Å². The van der Waals surface area contributed by atoms with E-state index in [-0.39, 0.29) is 0 Å². The van der Waals surface area contributed by atoms with Crippen molar-refractivity contribution < 1.29 is 0 Å². The highest BCUT2D eigenvalue weighted by molar-refractivity contribution is 5.58. The van der Waals surface area contributed by atoms with Gasteiger partial charge in [-0.2, -0.15) is 5.10 Å². The van der Waals surface area contributed by atoms with Gasteiger partial charge in [-0.25, -0.2) is 14.5 Å². The van der Waals surface area contributed by atoms with Crippen LogP contribution in [0.4, 0.5) is 0 Å². The lowest BCUT2D eigenvalue weighted by atomic mass is 10.2. The van der Waals surface area contributed by atoms with Crippen molar-refractivity contribution in [3.05, 3.63) is 71.6 Å². The number of imidazole rings is 1. The van der Waals surface area contributed by atoms with E-state index in [1.165, 1.54) is 0 Å². The molecular formula is C20H21N5. The molecule has 0 radical (unpaired) electrons. The summed E-state index contributed by atoms with van der Waals surface area (Å²) in [6.07, 6.45) is 3.67. The summed E-state index contributed by atoms with van der Waals surface area (Å²) in [5, 5.41) is 4.65. The molecule has 0 fully saturated rings. The van der Waals surface area contributed by atoms with Crippen molar-refractivity contribution in [2.45, 2.75) is 26.7 Å². The Morgan fingerprint density at radius 2 is 1.72 bits per heavy atom. The number of pyridine rings is 1. The molecule has 126 valence electrons. The van der Waals surface area contributed by atoms with E-state index in [4.69, 9.17) is 9.97 Å². The predicted molar refractivity (Wildman–Crippen MR) is 98.5 cm³/mol. The van der Waals surface area contributed by atoms with Crippen LogP contribution in [0.15, 0.2) is 48.7 Å². The van der Waals surface area contributed by atoms with Crippen LogP contribution in [0.25, 0.3) is 16.9 Å². The van der Waals surface area contributed by atoms with E-state index in [9.17, 15) is 0 Å². The van der Waals surface area contributed by atoms with E-state index in [0.717, 1.165) is 52.7 Å². The number of rotatable bonds is 4. The van der Waals surface area contributed by atoms with Crippen LogP contribution in [-0.4, -0.2) is 24.1 Å². The first-order chi connectivity index (χ1) is 12.1. The Hall–Kier alpha value is -2.95. The molecule has 4 aromatic rings. The van der Waals surface area contributed by atoms with Gasteiger partial charge in [0.05, 0.1) is 5.69 Å². The standard InChI is InChI=1S/C20H21N5/c1-14-9-10-15(2)25-20(14)22-18(23-25)11-12-19-21-17(13-24(19)3)16-7-5-4-6-8-16/h4-10,13H,11-12H2,1-3H3. The van der Waals surface area contributed by atoms with Crippen molar-refractivity contribution in [1.29, 1.82) is 0 Å². The second kappa shape index (κ2) is 6.16. The van der Waals surface area contributed by atoms with Crippen molar-refractivity contribution in [1.82, 2.24) is 24.1 Å². The van der Waals surface area contributed by atoms with Crippen molar-refractivity contribution in [2.24, 2.45) is 7.05 Å². The highest BCUT2D eigenvalue weighted by Gasteiger charge is 2.11. The maximum absolute atomic E-state index is 4.78. The molecule has 0 aliphatic carbocycles. The first kappa shape index (κ1) is 15.6. The molecule has 0 aliphatic heterocycles. The van der Waals surface area contributed by atoms with Crippen molar-refractivity contribution in [3.8, 4) is 11.3 Å². The molecule has 0 N–H and O–H groups in total. The summed E-state index contributed by atoms with van der Waals surface area (Å²) in [6, 6.07) is 14.4. The van der Waals surface area contributed by atoms with E-state index < -0.39 is 0 Å². The monoisotopic (exact) mass is 331 g/mol. The maximum Gasteiger partial charge on any atom is 0.158 e. The van der Waals surface area contributed by atoms with Crippen LogP contribution >= 0.6 is 0 Å². The second-order valence-electron chi connectivity index (χ2n) is 6.44. The molecule has 1 aromatic carbocycles. The molecule has 3 heterocycles. The van der Waals surface area contributed by atoms with E-state index >= 15 is 0 Å². The quantitative estimate of drug-likeness (QED) is 0.575. The Bertz CT molecular complexity index is 988. The minimum atomic E-state index is 0.777. The number of fused-ring (bicyclic) bond motifs is 1. The molecule has 0 saturated carbocycles. The number of hydrogen-bond donors (Lipinski definition) is 0. The van der Waals surface area contributed by atoms with Crippen molar-refractivity contribution in [3.63, 3.8) is 0 Å². The van der Waals surface area contributed by atoms with Gasteiger partial charge in [0.15, 0.2) is 11.5 Å². The third kappa shape index (κ3) is 2.93. The van der Waals surface area contributed by atoms with Gasteiger partial charge in [-0.3, -0.25) is 0 Å². The Morgan fingerprint density at radius 1 is 0.920 bits per heavy atom. The summed E-state index contributed by atoms with van der Waals surface area (Å²) < 4.78 is 4.02. The SMILES string of the molecule is Cc1ccc(C)n2nc(CCc3nc(-c4ccccc4)cn3C)nc12. The zero-order chi connectivity index (χ0) is 17.4. The van der Waals surface area contributed by atoms with Gasteiger partial charge in [0, 0.05) is 37.3 Å². The molecular weight excluding hydrogens is 310 g/mol. The summed E-state index contributed by atoms with van der Waals surface area (Å²) in [5.41, 5.74) is 5.34. The van der Waals surface area contributed by atoms with Gasteiger partial charge in [-0.15, -0.1) is 0 Å². The molecule has 0 aliphatic rings. The van der Waals surface area contributed by atoms with Gasteiger partial charge in [0.25, 0.3) is 0 Å². The molecule has 25 heavy (non-hydrogen) atoms. The Balaban J connectivity index is 1.57. The third-order valence-electron chi connectivity index (χ3n) is 4.53. The van der Waals surface area contributed by atoms with Gasteiger partial charge in [-0.05, 0) is 25.5 Å². The van der Waals surface area contributed by atoms with E-state index in [0.29, 0.717) is 0 Å². The van der Waals surface area contributed by atoms with Crippen LogP contribution in [0.1, 0.15) is 22.9 Å². The van der Waals surface area contributed by atoms with E-state index in [1.54, 1.807) is 0 Å². The van der Waals surface area contributed by atoms with Gasteiger partial charge >= 0.3 is 0 Å². The zero-order valence-corrected chi connectivity index (χ0v) is 14.8. The van der Waals surface area contributed by atoms with Gasteiger partial charge in [0.1, 0.15) is 5.82 Å². The lowest BCUT2D eigenvalue weighted by molar-refractivity contribution is 0.743. The summed E-state index contributed by atoms with van der Waals surface area (Å²) >= 11 is 0. The van der Waals surface area contributed by atoms with Crippen LogP contribution in [-0.2, 0) is 19.9 Å². The average molecular weight is 331 g/mol. The highest BCUT2D eigenvalue weighted by Crippen LogP contribution is 2.18. The smallest absolute Gasteiger partial charge is 0.158 e. The number of aromatic nitrogens is 5. The average Bonchev–Trinajstić information content (AvgIpc) is 3.22. The van der Waals surface area contributed by atoms with Gasteiger partial charge in [-0.1, -0.05) is 36.4 Å². The summed E-state index contributed by atoms with van der Waals surface area (Å²) in [6.45, 7) is 4.12. The molecule has 0 amide bonds. The van der Waals surface area contributed by atoms with E-state index in [1.807, 2.05) is 29.8 Å². The number of nitrogens with zero attached hydrogens (tertiary/aromatic N) is 5. The molecule has 5 nitrogen and oxygen atoms in total. The molecule has 0 bridgehead atoms. The largest absolute Gasteiger partial charge is 0.337 e. The second-order valence-corrected chi connectivity index (χ2v) is 6.44. The minimum Gasteiger partial charge on any atom is -0.337 e. The summed E-state index contributed by atoms with van der Waals surface area (Å²) in [4.78, 5) is 9.48. The summed E-state index contributed by atoms with van der Waals surface area (Å²) in [5.74, 6) is 1.91. The van der Waals surface area contributed by atoms with Gasteiger partial charge < -0.3 is 4.57 Å². The highest BCUT2D eigenvalue weighted by atomic mass is 15.3. The fraction of sp³-hybridized carbons (Fsp3) is 0.250. The molecule has 0 saturated heterocycles. The molecule has 0 atom stereocenters. The lowest BCUT2D eigenvalue weighted by Gasteiger charge is -1.99. The first-order valence-electron chi connectivity index (χ1n) is 8.51. The molecule has 4 rings (SSSR count). The third-order valence-corrected chi connectivity index (χ3v) is 4.53. The Labute approximate surface area is 147 Å². The van der Waals surface area contributed by atoms with Gasteiger partial charge in [0.2, 0.25) is 0 Å². The van der Waals surface area contributed by atoms with Crippen LogP contribution < -0.4 is 0 Å². The van der Waals surface area contributed by atoms with Crippen LogP contribution in [0, 0.1) is 13.8 Å². The number of aryl methyl sites for hydroxylation is 5. The zero-order valence-electron chi connectivity index (χ0n) is 14.8. The van der Waals surface area contributed by atoms with E-state index in [2.05, 4.69) is 54.0 Å². The topological polar surface area (TPSA) is 48.0 Å². The molecule has 3 aromatic heterocycles. The normalized spacial score (nSPS) is 11.3. The first-order valence-corrected chi connectivity index (χ1v) is 8.51. The Morgan fingerprint density at radius 3 is 2.48 bits per heavy atom. The predicted octanol–water partition coefficient (Wildman–Crippen LogP) is 3.53. The molecule has 5 heteroatoms. The van der Waals surface area contributed by atoms with Crippen LogP contribution in [0.3, 0.4) is 0 Å². The lowest BCUT2D eigenvalue weighted by Crippen LogP contribution is -2.01. The van der Waals surface area contributed by atoms with Crippen LogP contribution in [0.5, 0.6) is 0 Å². The van der Waals surface area contributed by atoms with Crippen molar-refractivity contribution >= 4 is 5.65 Å². The van der Waals surface area contributed by atoms with Crippen LogP contribution in [0.2, 0.25) is 0 Å².